The van der Waals surface area contributed by atoms with Gasteiger partial charge in [-0.15, -0.1) is 0 Å². The summed E-state index contributed by atoms with van der Waals surface area (Å²) >= 11 is 0. The largest absolute Gasteiger partial charge is 0.340 e. The molecule has 24 heavy (non-hydrogen) atoms. The standard InChI is InChI=1S/C22H30N2/c1-2-9-20-14-16-23(17-15-20)18-19-24(21-10-5-3-6-11-21)22-12-7-4-8-13-22/h3-8,10-13,20H,2,9,14-19H2,1H3. The minimum Gasteiger partial charge on any atom is -0.340 e. The molecule has 0 saturated carbocycles. The fourth-order valence-electron chi connectivity index (χ4n) is 3.77. The SMILES string of the molecule is CCCC1CCN(CCN(c2ccccc2)c2ccccc2)CC1. The number of para-hydroxylation sites is 2. The van der Waals surface area contributed by atoms with Crippen LogP contribution in [-0.4, -0.2) is 31.1 Å². The van der Waals surface area contributed by atoms with Gasteiger partial charge in [0.2, 0.25) is 0 Å². The first-order chi connectivity index (χ1) is 11.9. The molecule has 1 fully saturated rings. The molecule has 0 radical (unpaired) electrons. The van der Waals surface area contributed by atoms with E-state index in [4.69, 9.17) is 0 Å². The smallest absolute Gasteiger partial charge is 0.0411 e. The molecule has 2 aromatic rings. The zero-order valence-electron chi connectivity index (χ0n) is 14.9. The summed E-state index contributed by atoms with van der Waals surface area (Å²) in [6, 6.07) is 21.5. The third-order valence-electron chi connectivity index (χ3n) is 5.18. The maximum atomic E-state index is 2.64. The van der Waals surface area contributed by atoms with E-state index in [2.05, 4.69) is 77.4 Å². The zero-order valence-corrected chi connectivity index (χ0v) is 14.9. The van der Waals surface area contributed by atoms with Crippen LogP contribution in [0.1, 0.15) is 32.6 Å². The Morgan fingerprint density at radius 1 is 0.875 bits per heavy atom. The van der Waals surface area contributed by atoms with E-state index in [0.29, 0.717) is 0 Å². The van der Waals surface area contributed by atoms with Crippen molar-refractivity contribution in [3.63, 3.8) is 0 Å². The van der Waals surface area contributed by atoms with Crippen molar-refractivity contribution in [1.29, 1.82) is 0 Å². The molecule has 0 atom stereocenters. The van der Waals surface area contributed by atoms with Gasteiger partial charge in [-0.3, -0.25) is 0 Å². The Morgan fingerprint density at radius 3 is 1.92 bits per heavy atom. The molecule has 1 aliphatic heterocycles. The number of benzene rings is 2. The van der Waals surface area contributed by atoms with E-state index in [-0.39, 0.29) is 0 Å². The summed E-state index contributed by atoms with van der Waals surface area (Å²) in [6.45, 7) is 7.03. The molecule has 0 aliphatic carbocycles. The molecule has 2 nitrogen and oxygen atoms in total. The van der Waals surface area contributed by atoms with Crippen molar-refractivity contribution in [3.8, 4) is 0 Å². The van der Waals surface area contributed by atoms with E-state index in [1.165, 1.54) is 50.1 Å². The first kappa shape index (κ1) is 17.0. The summed E-state index contributed by atoms with van der Waals surface area (Å²) in [6.07, 6.45) is 5.50. The number of rotatable bonds is 7. The third kappa shape index (κ3) is 4.61. The molecule has 3 rings (SSSR count). The number of hydrogen-bond acceptors (Lipinski definition) is 2. The van der Waals surface area contributed by atoms with Crippen LogP contribution in [-0.2, 0) is 0 Å². The number of likely N-dealkylation sites (tertiary alicyclic amines) is 1. The van der Waals surface area contributed by atoms with Gasteiger partial charge in [0, 0.05) is 24.5 Å². The monoisotopic (exact) mass is 322 g/mol. The van der Waals surface area contributed by atoms with Crippen LogP contribution in [0.5, 0.6) is 0 Å². The van der Waals surface area contributed by atoms with Crippen molar-refractivity contribution in [1.82, 2.24) is 4.90 Å². The average Bonchev–Trinajstić information content (AvgIpc) is 2.65. The lowest BCUT2D eigenvalue weighted by molar-refractivity contribution is 0.182. The molecule has 0 amide bonds. The molecule has 0 aromatic heterocycles. The normalized spacial score (nSPS) is 16.2. The van der Waals surface area contributed by atoms with E-state index in [9.17, 15) is 0 Å². The summed E-state index contributed by atoms with van der Waals surface area (Å²) in [5.74, 6) is 0.964. The van der Waals surface area contributed by atoms with Gasteiger partial charge in [-0.05, 0) is 56.1 Å². The lowest BCUT2D eigenvalue weighted by Gasteiger charge is -2.34. The van der Waals surface area contributed by atoms with Crippen LogP contribution in [0.25, 0.3) is 0 Å². The fraction of sp³-hybridized carbons (Fsp3) is 0.455. The van der Waals surface area contributed by atoms with E-state index < -0.39 is 0 Å². The second kappa shape index (κ2) is 8.89. The third-order valence-corrected chi connectivity index (χ3v) is 5.18. The van der Waals surface area contributed by atoms with Gasteiger partial charge in [-0.2, -0.15) is 0 Å². The van der Waals surface area contributed by atoms with Gasteiger partial charge in [0.15, 0.2) is 0 Å². The van der Waals surface area contributed by atoms with Gasteiger partial charge >= 0.3 is 0 Å². The van der Waals surface area contributed by atoms with E-state index in [0.717, 1.165) is 19.0 Å². The molecular weight excluding hydrogens is 292 g/mol. The first-order valence-corrected chi connectivity index (χ1v) is 9.47. The fourth-order valence-corrected chi connectivity index (χ4v) is 3.77. The number of piperidine rings is 1. The number of hydrogen-bond donors (Lipinski definition) is 0. The van der Waals surface area contributed by atoms with E-state index >= 15 is 0 Å². The van der Waals surface area contributed by atoms with Crippen molar-refractivity contribution in [3.05, 3.63) is 60.7 Å². The maximum Gasteiger partial charge on any atom is 0.0411 e. The van der Waals surface area contributed by atoms with Crippen LogP contribution < -0.4 is 4.90 Å². The quantitative estimate of drug-likeness (QED) is 0.679. The van der Waals surface area contributed by atoms with Gasteiger partial charge in [-0.25, -0.2) is 0 Å². The molecule has 0 N–H and O–H groups in total. The van der Waals surface area contributed by atoms with E-state index in [1.54, 1.807) is 0 Å². The Balaban J connectivity index is 1.61. The topological polar surface area (TPSA) is 6.48 Å². The Morgan fingerprint density at radius 2 is 1.42 bits per heavy atom. The van der Waals surface area contributed by atoms with Gasteiger partial charge in [0.1, 0.15) is 0 Å². The molecular formula is C22H30N2. The molecule has 1 heterocycles. The first-order valence-electron chi connectivity index (χ1n) is 9.47. The van der Waals surface area contributed by atoms with Crippen molar-refractivity contribution < 1.29 is 0 Å². The highest BCUT2D eigenvalue weighted by atomic mass is 15.2. The maximum absolute atomic E-state index is 2.64. The molecule has 1 aliphatic rings. The Kier molecular flexibility index (Phi) is 6.31. The van der Waals surface area contributed by atoms with Crippen molar-refractivity contribution >= 4 is 11.4 Å². The predicted octanol–water partition coefficient (Wildman–Crippen LogP) is 5.34. The molecule has 2 aromatic carbocycles. The lowest BCUT2D eigenvalue weighted by atomic mass is 9.92. The average molecular weight is 322 g/mol. The highest BCUT2D eigenvalue weighted by Gasteiger charge is 2.19. The van der Waals surface area contributed by atoms with Gasteiger partial charge in [-0.1, -0.05) is 56.2 Å². The summed E-state index contributed by atoms with van der Waals surface area (Å²) in [7, 11) is 0. The highest BCUT2D eigenvalue weighted by molar-refractivity contribution is 5.62. The molecule has 0 spiro atoms. The molecule has 1 saturated heterocycles. The van der Waals surface area contributed by atoms with Crippen molar-refractivity contribution in [2.75, 3.05) is 31.1 Å². The van der Waals surface area contributed by atoms with Crippen LogP contribution in [0.3, 0.4) is 0 Å². The van der Waals surface area contributed by atoms with Gasteiger partial charge in [0.25, 0.3) is 0 Å². The van der Waals surface area contributed by atoms with Crippen LogP contribution >= 0.6 is 0 Å². The second-order valence-corrected chi connectivity index (χ2v) is 6.90. The van der Waals surface area contributed by atoms with Crippen molar-refractivity contribution in [2.24, 2.45) is 5.92 Å². The van der Waals surface area contributed by atoms with Crippen LogP contribution in [0.2, 0.25) is 0 Å². The van der Waals surface area contributed by atoms with Crippen LogP contribution in [0.15, 0.2) is 60.7 Å². The van der Waals surface area contributed by atoms with Crippen molar-refractivity contribution in [2.45, 2.75) is 32.6 Å². The lowest BCUT2D eigenvalue weighted by Crippen LogP contribution is -2.38. The predicted molar refractivity (Wildman–Crippen MR) is 104 cm³/mol. The molecule has 2 heteroatoms. The summed E-state index contributed by atoms with van der Waals surface area (Å²) < 4.78 is 0. The Bertz CT molecular complexity index is 534. The minimum absolute atomic E-state index is 0.964. The van der Waals surface area contributed by atoms with E-state index in [1.807, 2.05) is 0 Å². The summed E-state index contributed by atoms with van der Waals surface area (Å²) in [5, 5.41) is 0. The van der Waals surface area contributed by atoms with Crippen LogP contribution in [0, 0.1) is 5.92 Å². The molecule has 0 unspecified atom stereocenters. The number of nitrogens with zero attached hydrogens (tertiary/aromatic N) is 2. The minimum atomic E-state index is 0.964. The highest BCUT2D eigenvalue weighted by Crippen LogP contribution is 2.26. The number of anilines is 2. The van der Waals surface area contributed by atoms with Crippen LogP contribution in [0.4, 0.5) is 11.4 Å². The summed E-state index contributed by atoms with van der Waals surface area (Å²) in [4.78, 5) is 5.09. The van der Waals surface area contributed by atoms with Gasteiger partial charge in [0.05, 0.1) is 0 Å². The Labute approximate surface area is 147 Å². The van der Waals surface area contributed by atoms with Gasteiger partial charge < -0.3 is 9.80 Å². The molecule has 0 bridgehead atoms. The summed E-state index contributed by atoms with van der Waals surface area (Å²) in [5.41, 5.74) is 2.56. The second-order valence-electron chi connectivity index (χ2n) is 6.90. The Hall–Kier alpha value is -1.80. The zero-order chi connectivity index (χ0) is 16.6. The molecule has 128 valence electrons.